The van der Waals surface area contributed by atoms with Crippen molar-refractivity contribution in [3.05, 3.63) is 64.9 Å². The summed E-state index contributed by atoms with van der Waals surface area (Å²) in [5, 5.41) is 0. The Morgan fingerprint density at radius 2 is 1.69 bits per heavy atom. The number of nitrogen functional groups attached to an aromatic ring is 1. The molecule has 0 unspecified atom stereocenters. The fourth-order valence-corrected chi connectivity index (χ4v) is 3.61. The number of allylic oxidation sites excluding steroid dienone is 1. The van der Waals surface area contributed by atoms with Crippen molar-refractivity contribution >= 4 is 12.0 Å². The Labute approximate surface area is 170 Å². The Balaban J connectivity index is 1.69. The normalized spacial score (nSPS) is 12.0. The molecule has 6 nitrogen and oxygen atoms in total. The summed E-state index contributed by atoms with van der Waals surface area (Å²) in [4.78, 5) is 8.86. The third kappa shape index (κ3) is 3.74. The molecule has 3 aromatic rings. The molecule has 0 spiro atoms. The molecule has 148 valence electrons. The fourth-order valence-electron chi connectivity index (χ4n) is 3.61. The minimum Gasteiger partial charge on any atom is -0.493 e. The standard InChI is InChI=1S/C23H23N3O3/c1-27-20-10-14(11-21(28-2)22(20)29-3)9-18-13-19(26-23(24)25-18)17-8-7-15-5-4-6-16(15)12-17/h4,6-8,10-13H,5,9H2,1-3H3,(H2,24,25,26). The first kappa shape index (κ1) is 18.8. The molecule has 1 aromatic heterocycles. The van der Waals surface area contributed by atoms with Crippen LogP contribution >= 0.6 is 0 Å². The summed E-state index contributed by atoms with van der Waals surface area (Å²) < 4.78 is 16.3. The third-order valence-electron chi connectivity index (χ3n) is 4.98. The molecule has 0 saturated heterocycles. The molecule has 0 bridgehead atoms. The van der Waals surface area contributed by atoms with Gasteiger partial charge in [0, 0.05) is 12.0 Å². The number of anilines is 1. The first-order valence-corrected chi connectivity index (χ1v) is 9.33. The van der Waals surface area contributed by atoms with Crippen molar-refractivity contribution in [2.24, 2.45) is 0 Å². The predicted molar refractivity (Wildman–Crippen MR) is 114 cm³/mol. The van der Waals surface area contributed by atoms with E-state index >= 15 is 0 Å². The highest BCUT2D eigenvalue weighted by Gasteiger charge is 2.15. The van der Waals surface area contributed by atoms with Crippen LogP contribution in [0.2, 0.25) is 0 Å². The van der Waals surface area contributed by atoms with Gasteiger partial charge in [0.15, 0.2) is 11.5 Å². The number of ether oxygens (including phenoxy) is 3. The van der Waals surface area contributed by atoms with Crippen LogP contribution < -0.4 is 19.9 Å². The molecule has 1 aliphatic rings. The molecule has 4 rings (SSSR count). The van der Waals surface area contributed by atoms with E-state index in [4.69, 9.17) is 19.9 Å². The first-order valence-electron chi connectivity index (χ1n) is 9.33. The van der Waals surface area contributed by atoms with Crippen LogP contribution in [0.1, 0.15) is 22.4 Å². The lowest BCUT2D eigenvalue weighted by molar-refractivity contribution is 0.324. The monoisotopic (exact) mass is 389 g/mol. The maximum Gasteiger partial charge on any atom is 0.220 e. The SMILES string of the molecule is COc1cc(Cc2cc(-c3ccc4c(c3)C=CC4)nc(N)n2)cc(OC)c1OC. The Kier molecular flexibility index (Phi) is 5.08. The van der Waals surface area contributed by atoms with E-state index < -0.39 is 0 Å². The summed E-state index contributed by atoms with van der Waals surface area (Å²) in [7, 11) is 4.79. The van der Waals surface area contributed by atoms with E-state index in [-0.39, 0.29) is 5.95 Å². The van der Waals surface area contributed by atoms with E-state index in [0.717, 1.165) is 28.9 Å². The summed E-state index contributed by atoms with van der Waals surface area (Å²) >= 11 is 0. The summed E-state index contributed by atoms with van der Waals surface area (Å²) in [6.07, 6.45) is 5.84. The second-order valence-corrected chi connectivity index (χ2v) is 6.83. The van der Waals surface area contributed by atoms with Gasteiger partial charge in [0.2, 0.25) is 11.7 Å². The highest BCUT2D eigenvalue weighted by atomic mass is 16.5. The quantitative estimate of drug-likeness (QED) is 0.689. The van der Waals surface area contributed by atoms with Crippen LogP contribution in [-0.4, -0.2) is 31.3 Å². The van der Waals surface area contributed by atoms with Crippen molar-refractivity contribution in [1.82, 2.24) is 9.97 Å². The smallest absolute Gasteiger partial charge is 0.220 e. The van der Waals surface area contributed by atoms with Crippen molar-refractivity contribution in [1.29, 1.82) is 0 Å². The zero-order chi connectivity index (χ0) is 20.4. The van der Waals surface area contributed by atoms with Gasteiger partial charge in [-0.05, 0) is 47.4 Å². The van der Waals surface area contributed by atoms with Crippen LogP contribution in [0.25, 0.3) is 17.3 Å². The minimum absolute atomic E-state index is 0.251. The van der Waals surface area contributed by atoms with E-state index in [1.165, 1.54) is 11.1 Å². The zero-order valence-electron chi connectivity index (χ0n) is 16.7. The van der Waals surface area contributed by atoms with E-state index in [2.05, 4.69) is 40.3 Å². The largest absolute Gasteiger partial charge is 0.493 e. The topological polar surface area (TPSA) is 79.5 Å². The number of aromatic nitrogens is 2. The molecule has 0 amide bonds. The van der Waals surface area contributed by atoms with Gasteiger partial charge in [-0.2, -0.15) is 0 Å². The minimum atomic E-state index is 0.251. The van der Waals surface area contributed by atoms with Gasteiger partial charge in [-0.25, -0.2) is 9.97 Å². The molecule has 2 N–H and O–H groups in total. The summed E-state index contributed by atoms with van der Waals surface area (Å²) in [5.41, 5.74) is 12.2. The lowest BCUT2D eigenvalue weighted by Gasteiger charge is -2.14. The Morgan fingerprint density at radius 1 is 0.931 bits per heavy atom. The van der Waals surface area contributed by atoms with E-state index in [9.17, 15) is 0 Å². The van der Waals surface area contributed by atoms with Gasteiger partial charge in [-0.3, -0.25) is 0 Å². The summed E-state index contributed by atoms with van der Waals surface area (Å²) in [6, 6.07) is 12.2. The van der Waals surface area contributed by atoms with Crippen molar-refractivity contribution in [3.63, 3.8) is 0 Å². The molecule has 0 saturated carbocycles. The van der Waals surface area contributed by atoms with E-state index in [1.54, 1.807) is 21.3 Å². The van der Waals surface area contributed by atoms with Crippen molar-refractivity contribution in [3.8, 4) is 28.5 Å². The van der Waals surface area contributed by atoms with Crippen LogP contribution in [0.5, 0.6) is 17.2 Å². The van der Waals surface area contributed by atoms with Crippen molar-refractivity contribution in [2.75, 3.05) is 27.1 Å². The van der Waals surface area contributed by atoms with Crippen LogP contribution in [0, 0.1) is 0 Å². The van der Waals surface area contributed by atoms with Gasteiger partial charge in [-0.15, -0.1) is 0 Å². The lowest BCUT2D eigenvalue weighted by atomic mass is 10.0. The Morgan fingerprint density at radius 3 is 2.38 bits per heavy atom. The molecule has 0 aliphatic heterocycles. The molecule has 6 heteroatoms. The average Bonchev–Trinajstić information content (AvgIpc) is 3.20. The first-order chi connectivity index (χ1) is 14.1. The Hall–Kier alpha value is -3.54. The molecule has 1 heterocycles. The number of benzene rings is 2. The van der Waals surface area contributed by atoms with Crippen LogP contribution in [0.15, 0.2) is 42.5 Å². The number of nitrogens with two attached hydrogens (primary N) is 1. The molecule has 0 radical (unpaired) electrons. The number of hydrogen-bond acceptors (Lipinski definition) is 6. The van der Waals surface area contributed by atoms with Gasteiger partial charge >= 0.3 is 0 Å². The highest BCUT2D eigenvalue weighted by Crippen LogP contribution is 2.38. The molecular weight excluding hydrogens is 366 g/mol. The lowest BCUT2D eigenvalue weighted by Crippen LogP contribution is -2.03. The number of methoxy groups -OCH3 is 3. The van der Waals surface area contributed by atoms with E-state index in [0.29, 0.717) is 23.7 Å². The maximum atomic E-state index is 6.02. The zero-order valence-corrected chi connectivity index (χ0v) is 16.7. The predicted octanol–water partition coefficient (Wildman–Crippen LogP) is 3.91. The Bertz CT molecular complexity index is 1070. The van der Waals surface area contributed by atoms with Gasteiger partial charge in [0.05, 0.1) is 32.7 Å². The number of fused-ring (bicyclic) bond motifs is 1. The van der Waals surface area contributed by atoms with Crippen molar-refractivity contribution < 1.29 is 14.2 Å². The highest BCUT2D eigenvalue weighted by molar-refractivity contribution is 5.70. The van der Waals surface area contributed by atoms with Crippen LogP contribution in [-0.2, 0) is 12.8 Å². The molecule has 1 aliphatic carbocycles. The van der Waals surface area contributed by atoms with Crippen molar-refractivity contribution in [2.45, 2.75) is 12.8 Å². The van der Waals surface area contributed by atoms with Gasteiger partial charge in [-0.1, -0.05) is 24.3 Å². The molecule has 0 fully saturated rings. The van der Waals surface area contributed by atoms with Gasteiger partial charge < -0.3 is 19.9 Å². The fraction of sp³-hybridized carbons (Fsp3) is 0.217. The molecule has 2 aromatic carbocycles. The third-order valence-corrected chi connectivity index (χ3v) is 4.98. The maximum absolute atomic E-state index is 6.02. The number of hydrogen-bond donors (Lipinski definition) is 1. The summed E-state index contributed by atoms with van der Waals surface area (Å²) in [5.74, 6) is 2.03. The second kappa shape index (κ2) is 7.83. The molecule has 0 atom stereocenters. The van der Waals surface area contributed by atoms with Crippen LogP contribution in [0.3, 0.4) is 0 Å². The second-order valence-electron chi connectivity index (χ2n) is 6.83. The number of nitrogens with zero attached hydrogens (tertiary/aromatic N) is 2. The van der Waals surface area contributed by atoms with Gasteiger partial charge in [0.1, 0.15) is 0 Å². The molecular formula is C23H23N3O3. The van der Waals surface area contributed by atoms with Crippen LogP contribution in [0.4, 0.5) is 5.95 Å². The molecule has 29 heavy (non-hydrogen) atoms. The van der Waals surface area contributed by atoms with Gasteiger partial charge in [0.25, 0.3) is 0 Å². The summed E-state index contributed by atoms with van der Waals surface area (Å²) in [6.45, 7) is 0. The average molecular weight is 389 g/mol. The number of rotatable bonds is 6. The van der Waals surface area contributed by atoms with E-state index in [1.807, 2.05) is 18.2 Å².